The van der Waals surface area contributed by atoms with Crippen molar-refractivity contribution < 1.29 is 14.3 Å². The number of hydrogen-bond donors (Lipinski definition) is 0. The Hall–Kier alpha value is -2.59. The minimum atomic E-state index is -0.372. The number of nitrogens with zero attached hydrogens (tertiary/aromatic N) is 1. The van der Waals surface area contributed by atoms with Gasteiger partial charge in [-0.05, 0) is 23.8 Å². The Bertz CT molecular complexity index is 860. The molecule has 0 radical (unpaired) electrons. The number of para-hydroxylation sites is 1. The van der Waals surface area contributed by atoms with Crippen molar-refractivity contribution >= 4 is 29.2 Å². The first-order valence-electron chi connectivity index (χ1n) is 7.69. The second-order valence-electron chi connectivity index (χ2n) is 5.78. The van der Waals surface area contributed by atoms with E-state index in [2.05, 4.69) is 0 Å². The molecule has 24 heavy (non-hydrogen) atoms. The summed E-state index contributed by atoms with van der Waals surface area (Å²) in [5.41, 5.74) is 2.68. The highest BCUT2D eigenvalue weighted by atomic mass is 35.5. The van der Waals surface area contributed by atoms with E-state index in [9.17, 15) is 9.59 Å². The molecule has 2 aliphatic heterocycles. The number of halogens is 1. The zero-order chi connectivity index (χ0) is 16.7. The van der Waals surface area contributed by atoms with Gasteiger partial charge in [-0.25, -0.2) is 4.79 Å². The molecule has 0 aliphatic carbocycles. The molecular weight excluding hydrogens is 326 g/mol. The van der Waals surface area contributed by atoms with E-state index in [1.54, 1.807) is 11.0 Å². The van der Waals surface area contributed by atoms with Gasteiger partial charge in [0.25, 0.3) is 0 Å². The van der Waals surface area contributed by atoms with Gasteiger partial charge in [0.1, 0.15) is 6.61 Å². The lowest BCUT2D eigenvalue weighted by molar-refractivity contribution is -0.136. The molecule has 0 unspecified atom stereocenters. The van der Waals surface area contributed by atoms with Crippen molar-refractivity contribution in [3.8, 4) is 0 Å². The quantitative estimate of drug-likeness (QED) is 0.784. The lowest BCUT2D eigenvalue weighted by Gasteiger charge is -2.32. The number of benzene rings is 2. The Kier molecular flexibility index (Phi) is 3.62. The zero-order valence-electron chi connectivity index (χ0n) is 12.7. The molecule has 2 heterocycles. The Morgan fingerprint density at radius 2 is 1.71 bits per heavy atom. The van der Waals surface area contributed by atoms with Gasteiger partial charge in [-0.1, -0.05) is 48.0 Å². The van der Waals surface area contributed by atoms with Crippen molar-refractivity contribution in [1.29, 1.82) is 0 Å². The first kappa shape index (κ1) is 15.0. The molecule has 0 aromatic heterocycles. The first-order valence-corrected chi connectivity index (χ1v) is 8.07. The average molecular weight is 340 g/mol. The second-order valence-corrected chi connectivity index (χ2v) is 6.19. The van der Waals surface area contributed by atoms with E-state index >= 15 is 0 Å². The smallest absolute Gasteiger partial charge is 0.336 e. The van der Waals surface area contributed by atoms with E-state index < -0.39 is 0 Å². The maximum atomic E-state index is 12.8. The number of amides is 1. The van der Waals surface area contributed by atoms with E-state index in [1.807, 2.05) is 48.5 Å². The summed E-state index contributed by atoms with van der Waals surface area (Å²) in [4.78, 5) is 26.7. The highest BCUT2D eigenvalue weighted by Crippen LogP contribution is 2.43. The number of carbonyl (C=O) groups excluding carboxylic acids is 2. The van der Waals surface area contributed by atoms with Crippen LogP contribution < -0.4 is 4.90 Å². The lowest BCUT2D eigenvalue weighted by Crippen LogP contribution is -2.37. The minimum absolute atomic E-state index is 0.0665. The zero-order valence-corrected chi connectivity index (χ0v) is 13.5. The van der Waals surface area contributed by atoms with E-state index in [-0.39, 0.29) is 30.8 Å². The van der Waals surface area contributed by atoms with Crippen molar-refractivity contribution in [2.24, 2.45) is 0 Å². The van der Waals surface area contributed by atoms with Crippen LogP contribution in [0.1, 0.15) is 17.9 Å². The van der Waals surface area contributed by atoms with Gasteiger partial charge in [-0.15, -0.1) is 0 Å². The average Bonchev–Trinajstić information content (AvgIpc) is 2.97. The van der Waals surface area contributed by atoms with Crippen molar-refractivity contribution in [2.45, 2.75) is 12.3 Å². The Labute approximate surface area is 144 Å². The van der Waals surface area contributed by atoms with Crippen molar-refractivity contribution in [1.82, 2.24) is 0 Å². The molecule has 5 heteroatoms. The van der Waals surface area contributed by atoms with Gasteiger partial charge in [0.2, 0.25) is 5.91 Å². The fourth-order valence-electron chi connectivity index (χ4n) is 3.35. The van der Waals surface area contributed by atoms with Gasteiger partial charge in [0, 0.05) is 23.0 Å². The van der Waals surface area contributed by atoms with Crippen LogP contribution in [0.5, 0.6) is 0 Å². The number of ether oxygens (including phenoxy) is 1. The third-order valence-electron chi connectivity index (χ3n) is 4.41. The number of hydrogen-bond acceptors (Lipinski definition) is 3. The summed E-state index contributed by atoms with van der Waals surface area (Å²) >= 11 is 6.30. The molecule has 4 nitrogen and oxygen atoms in total. The third kappa shape index (κ3) is 2.31. The highest BCUT2D eigenvalue weighted by molar-refractivity contribution is 6.31. The molecule has 1 atom stereocenters. The second kappa shape index (κ2) is 5.80. The summed E-state index contributed by atoms with van der Waals surface area (Å²) in [7, 11) is 0. The fraction of sp³-hybridized carbons (Fsp3) is 0.158. The molecular formula is C19H14ClNO3. The normalized spacial score (nSPS) is 20.2. The van der Waals surface area contributed by atoms with Gasteiger partial charge < -0.3 is 4.74 Å². The van der Waals surface area contributed by atoms with Gasteiger partial charge in [0.15, 0.2) is 0 Å². The number of anilines is 1. The topological polar surface area (TPSA) is 46.6 Å². The van der Waals surface area contributed by atoms with Gasteiger partial charge in [0.05, 0.1) is 11.3 Å². The van der Waals surface area contributed by atoms with Gasteiger partial charge >= 0.3 is 5.97 Å². The summed E-state index contributed by atoms with van der Waals surface area (Å²) in [5, 5.41) is 0.551. The molecule has 2 aromatic rings. The lowest BCUT2D eigenvalue weighted by atomic mass is 9.84. The van der Waals surface area contributed by atoms with Crippen LogP contribution in [0.15, 0.2) is 65.9 Å². The van der Waals surface area contributed by atoms with E-state index in [1.165, 1.54) is 0 Å². The van der Waals surface area contributed by atoms with Crippen LogP contribution in [0.25, 0.3) is 0 Å². The first-order chi connectivity index (χ1) is 11.7. The molecule has 0 saturated carbocycles. The summed E-state index contributed by atoms with van der Waals surface area (Å²) < 4.78 is 5.24. The van der Waals surface area contributed by atoms with Crippen LogP contribution in [0.4, 0.5) is 5.69 Å². The molecule has 2 aromatic carbocycles. The summed E-state index contributed by atoms with van der Waals surface area (Å²) in [6, 6.07) is 16.6. The maximum Gasteiger partial charge on any atom is 0.336 e. The van der Waals surface area contributed by atoms with Crippen molar-refractivity contribution in [2.75, 3.05) is 11.5 Å². The molecule has 4 rings (SSSR count). The number of cyclic esters (lactones) is 1. The summed E-state index contributed by atoms with van der Waals surface area (Å²) in [6.45, 7) is 0.107. The monoisotopic (exact) mass is 339 g/mol. The number of carbonyl (C=O) groups is 2. The highest BCUT2D eigenvalue weighted by Gasteiger charge is 2.43. The summed E-state index contributed by atoms with van der Waals surface area (Å²) in [5.74, 6) is -0.803. The Balaban J connectivity index is 1.86. The van der Waals surface area contributed by atoms with E-state index in [0.29, 0.717) is 16.3 Å². The molecule has 1 amide bonds. The molecule has 0 N–H and O–H groups in total. The van der Waals surface area contributed by atoms with Gasteiger partial charge in [-0.3, -0.25) is 9.69 Å². The molecule has 0 spiro atoms. The van der Waals surface area contributed by atoms with Crippen LogP contribution in [0.3, 0.4) is 0 Å². The summed E-state index contributed by atoms with van der Waals surface area (Å²) in [6.07, 6.45) is 0.187. The third-order valence-corrected chi connectivity index (χ3v) is 4.76. The predicted molar refractivity (Wildman–Crippen MR) is 90.7 cm³/mol. The SMILES string of the molecule is O=C1OCC2=C1[C@H](c1ccccc1Cl)CC(=O)N2c1ccccc1. The Morgan fingerprint density at radius 3 is 2.46 bits per heavy atom. The molecule has 0 bridgehead atoms. The van der Waals surface area contributed by atoms with Crippen molar-refractivity contribution in [3.05, 3.63) is 76.5 Å². The Morgan fingerprint density at radius 1 is 1.00 bits per heavy atom. The molecule has 2 aliphatic rings. The molecule has 0 fully saturated rings. The largest absolute Gasteiger partial charge is 0.456 e. The predicted octanol–water partition coefficient (Wildman–Crippen LogP) is 3.67. The fourth-order valence-corrected chi connectivity index (χ4v) is 3.62. The molecule has 0 saturated heterocycles. The van der Waals surface area contributed by atoms with E-state index in [0.717, 1.165) is 11.3 Å². The van der Waals surface area contributed by atoms with Crippen molar-refractivity contribution in [3.63, 3.8) is 0 Å². The van der Waals surface area contributed by atoms with E-state index in [4.69, 9.17) is 16.3 Å². The van der Waals surface area contributed by atoms with Crippen LogP contribution in [-0.4, -0.2) is 18.5 Å². The minimum Gasteiger partial charge on any atom is -0.456 e. The molecule has 120 valence electrons. The maximum absolute atomic E-state index is 12.8. The van der Waals surface area contributed by atoms with Crippen LogP contribution in [-0.2, 0) is 14.3 Å². The number of rotatable bonds is 2. The van der Waals surface area contributed by atoms with Crippen LogP contribution in [0.2, 0.25) is 5.02 Å². The van der Waals surface area contributed by atoms with Gasteiger partial charge in [-0.2, -0.15) is 0 Å². The van der Waals surface area contributed by atoms with Crippen LogP contribution >= 0.6 is 11.6 Å². The van der Waals surface area contributed by atoms with Crippen LogP contribution in [0, 0.1) is 0 Å². The number of esters is 1. The standard InChI is InChI=1S/C19H14ClNO3/c20-15-9-5-4-8-13(15)14-10-17(22)21(12-6-2-1-3-7-12)16-11-24-19(23)18(14)16/h1-9,14H,10-11H2/t14-/m0/s1.